The van der Waals surface area contributed by atoms with Crippen molar-refractivity contribution in [2.45, 2.75) is 52.6 Å². The summed E-state index contributed by atoms with van der Waals surface area (Å²) in [5, 5.41) is 13.9. The average Bonchev–Trinajstić information content (AvgIpc) is 3.08. The van der Waals surface area contributed by atoms with Gasteiger partial charge in [-0.3, -0.25) is 4.79 Å². The van der Waals surface area contributed by atoms with E-state index in [1.807, 2.05) is 56.3 Å². The van der Waals surface area contributed by atoms with Crippen LogP contribution in [0.4, 0.5) is 0 Å². The molecule has 0 spiro atoms. The van der Waals surface area contributed by atoms with Crippen LogP contribution in [0.1, 0.15) is 53.9 Å². The largest absolute Gasteiger partial charge is 0.374 e. The Morgan fingerprint density at radius 3 is 2.53 bits per heavy atom. The van der Waals surface area contributed by atoms with E-state index < -0.39 is 0 Å². The van der Waals surface area contributed by atoms with E-state index >= 15 is 0 Å². The first-order valence-corrected chi connectivity index (χ1v) is 11.2. The third kappa shape index (κ3) is 4.21. The van der Waals surface area contributed by atoms with Crippen LogP contribution in [-0.4, -0.2) is 40.7 Å². The Kier molecular flexibility index (Phi) is 6.20. The van der Waals surface area contributed by atoms with Crippen molar-refractivity contribution in [1.29, 1.82) is 5.26 Å². The van der Waals surface area contributed by atoms with Crippen LogP contribution in [0.2, 0.25) is 0 Å². The first kappa shape index (κ1) is 21.9. The summed E-state index contributed by atoms with van der Waals surface area (Å²) < 4.78 is 1.54. The number of nitrogens with zero attached hydrogens (tertiary/aromatic N) is 3. The van der Waals surface area contributed by atoms with Gasteiger partial charge in [0.15, 0.2) is 11.4 Å². The van der Waals surface area contributed by atoms with E-state index in [-0.39, 0.29) is 17.6 Å². The van der Waals surface area contributed by atoms with Crippen LogP contribution in [0.25, 0.3) is 10.9 Å². The fourth-order valence-electron chi connectivity index (χ4n) is 4.47. The maximum Gasteiger partial charge on any atom is 0.273 e. The van der Waals surface area contributed by atoms with Crippen molar-refractivity contribution in [3.63, 3.8) is 0 Å². The highest BCUT2D eigenvalue weighted by Gasteiger charge is 2.29. The van der Waals surface area contributed by atoms with E-state index in [1.165, 1.54) is 4.73 Å². The van der Waals surface area contributed by atoms with Gasteiger partial charge >= 0.3 is 0 Å². The lowest BCUT2D eigenvalue weighted by molar-refractivity contribution is 0.0867. The van der Waals surface area contributed by atoms with Crippen LogP contribution in [0.3, 0.4) is 0 Å². The van der Waals surface area contributed by atoms with Gasteiger partial charge in [-0.25, -0.2) is 0 Å². The van der Waals surface area contributed by atoms with Crippen molar-refractivity contribution >= 4 is 16.8 Å². The number of likely N-dealkylation sites (tertiary alicyclic amines) is 1. The van der Waals surface area contributed by atoms with Crippen LogP contribution < -0.4 is 10.2 Å². The zero-order valence-corrected chi connectivity index (χ0v) is 19.2. The molecule has 0 bridgehead atoms. The molecule has 3 aromatic rings. The number of benzene rings is 2. The summed E-state index contributed by atoms with van der Waals surface area (Å²) in [4.78, 5) is 22.1. The SMILES string of the molecule is Cc1cccc(On2c(C(=O)NC3CCN(C(C)C)CC3)c(C#N)c3cccc(C)c32)c1. The highest BCUT2D eigenvalue weighted by atomic mass is 16.7. The summed E-state index contributed by atoms with van der Waals surface area (Å²) >= 11 is 0. The molecule has 1 aromatic heterocycles. The van der Waals surface area contributed by atoms with Crippen molar-refractivity contribution in [3.05, 3.63) is 64.8 Å². The molecule has 1 aliphatic rings. The highest BCUT2D eigenvalue weighted by Crippen LogP contribution is 2.30. The second kappa shape index (κ2) is 9.05. The predicted molar refractivity (Wildman–Crippen MR) is 126 cm³/mol. The van der Waals surface area contributed by atoms with Gasteiger partial charge in [0.25, 0.3) is 5.91 Å². The minimum absolute atomic E-state index is 0.0792. The first-order chi connectivity index (χ1) is 15.4. The van der Waals surface area contributed by atoms with E-state index in [1.54, 1.807) is 0 Å². The quantitative estimate of drug-likeness (QED) is 0.643. The van der Waals surface area contributed by atoms with Gasteiger partial charge in [-0.15, -0.1) is 0 Å². The number of carbonyl (C=O) groups excluding carboxylic acids is 1. The number of piperidine rings is 1. The van der Waals surface area contributed by atoms with Crippen molar-refractivity contribution in [2.24, 2.45) is 0 Å². The van der Waals surface area contributed by atoms with Crippen LogP contribution in [0.15, 0.2) is 42.5 Å². The third-order valence-corrected chi connectivity index (χ3v) is 6.26. The molecule has 1 amide bonds. The molecule has 0 unspecified atom stereocenters. The van der Waals surface area contributed by atoms with Gasteiger partial charge in [0.1, 0.15) is 6.07 Å². The molecule has 1 fully saturated rings. The zero-order chi connectivity index (χ0) is 22.8. The van der Waals surface area contributed by atoms with Gasteiger partial charge in [-0.2, -0.15) is 9.99 Å². The lowest BCUT2D eigenvalue weighted by Crippen LogP contribution is -2.47. The number of aromatic nitrogens is 1. The molecule has 0 aliphatic carbocycles. The molecule has 1 aliphatic heterocycles. The van der Waals surface area contributed by atoms with E-state index in [2.05, 4.69) is 30.1 Å². The number of para-hydroxylation sites is 1. The minimum atomic E-state index is -0.271. The number of nitriles is 1. The Bertz CT molecular complexity index is 1180. The van der Waals surface area contributed by atoms with Crippen LogP contribution in [0.5, 0.6) is 5.75 Å². The molecule has 0 saturated carbocycles. The molecule has 166 valence electrons. The molecule has 2 aromatic carbocycles. The standard InChI is InChI=1S/C26H30N4O2/c1-17(2)29-13-11-20(12-14-29)28-26(31)25-23(16-27)22-10-6-8-19(4)24(22)30(25)32-21-9-5-7-18(3)15-21/h5-10,15,17,20H,11-14H2,1-4H3,(H,28,31). The molecule has 32 heavy (non-hydrogen) atoms. The van der Waals surface area contributed by atoms with E-state index in [0.717, 1.165) is 48.0 Å². The minimum Gasteiger partial charge on any atom is -0.374 e. The fraction of sp³-hybridized carbons (Fsp3) is 0.385. The Labute approximate surface area is 189 Å². The van der Waals surface area contributed by atoms with Gasteiger partial charge in [-0.1, -0.05) is 30.3 Å². The number of amides is 1. The molecule has 1 N–H and O–H groups in total. The summed E-state index contributed by atoms with van der Waals surface area (Å²) in [5.74, 6) is 0.349. The summed E-state index contributed by atoms with van der Waals surface area (Å²) in [7, 11) is 0. The number of carbonyl (C=O) groups is 1. The summed E-state index contributed by atoms with van der Waals surface area (Å²) in [6.45, 7) is 10.3. The molecule has 0 atom stereocenters. The Hall–Kier alpha value is -3.30. The highest BCUT2D eigenvalue weighted by molar-refractivity contribution is 6.04. The lowest BCUT2D eigenvalue weighted by Gasteiger charge is -2.34. The number of nitrogens with one attached hydrogen (secondary N) is 1. The fourth-order valence-corrected chi connectivity index (χ4v) is 4.47. The van der Waals surface area contributed by atoms with Crippen LogP contribution in [-0.2, 0) is 0 Å². The number of hydrogen-bond donors (Lipinski definition) is 1. The van der Waals surface area contributed by atoms with Gasteiger partial charge in [0.05, 0.1) is 11.1 Å². The predicted octanol–water partition coefficient (Wildman–Crippen LogP) is 4.57. The van der Waals surface area contributed by atoms with Crippen molar-refractivity contribution in [3.8, 4) is 11.8 Å². The molecule has 6 heteroatoms. The molecule has 2 heterocycles. The Balaban J connectivity index is 1.72. The smallest absolute Gasteiger partial charge is 0.273 e. The van der Waals surface area contributed by atoms with Crippen molar-refractivity contribution in [2.75, 3.05) is 13.1 Å². The molecule has 1 saturated heterocycles. The van der Waals surface area contributed by atoms with Gasteiger partial charge in [-0.05, 0) is 63.8 Å². The zero-order valence-electron chi connectivity index (χ0n) is 19.2. The number of rotatable bonds is 5. The third-order valence-electron chi connectivity index (χ3n) is 6.26. The van der Waals surface area contributed by atoms with E-state index in [4.69, 9.17) is 4.84 Å². The molecular formula is C26H30N4O2. The van der Waals surface area contributed by atoms with Crippen molar-refractivity contribution in [1.82, 2.24) is 14.9 Å². The van der Waals surface area contributed by atoms with Crippen LogP contribution in [0, 0.1) is 25.2 Å². The maximum atomic E-state index is 13.5. The van der Waals surface area contributed by atoms with E-state index in [9.17, 15) is 10.1 Å². The second-order valence-corrected chi connectivity index (χ2v) is 8.89. The summed E-state index contributed by atoms with van der Waals surface area (Å²) in [5.41, 5.74) is 3.33. The second-order valence-electron chi connectivity index (χ2n) is 8.89. The van der Waals surface area contributed by atoms with Gasteiger partial charge in [0, 0.05) is 30.6 Å². The summed E-state index contributed by atoms with van der Waals surface area (Å²) in [6.07, 6.45) is 1.79. The monoisotopic (exact) mass is 430 g/mol. The topological polar surface area (TPSA) is 70.3 Å². The molecule has 0 radical (unpaired) electrons. The molecule has 4 rings (SSSR count). The number of hydrogen-bond acceptors (Lipinski definition) is 4. The van der Waals surface area contributed by atoms with Gasteiger partial charge < -0.3 is 15.1 Å². The normalized spacial score (nSPS) is 15.1. The lowest BCUT2D eigenvalue weighted by atomic mass is 10.0. The molecule has 6 nitrogen and oxygen atoms in total. The Morgan fingerprint density at radius 2 is 1.88 bits per heavy atom. The van der Waals surface area contributed by atoms with Gasteiger partial charge in [0.2, 0.25) is 0 Å². The number of fused-ring (bicyclic) bond motifs is 1. The van der Waals surface area contributed by atoms with Crippen LogP contribution >= 0.6 is 0 Å². The van der Waals surface area contributed by atoms with E-state index in [0.29, 0.717) is 17.4 Å². The molecular weight excluding hydrogens is 400 g/mol. The number of aryl methyl sites for hydroxylation is 2. The Morgan fingerprint density at radius 1 is 1.16 bits per heavy atom. The first-order valence-electron chi connectivity index (χ1n) is 11.2. The van der Waals surface area contributed by atoms with Crippen molar-refractivity contribution < 1.29 is 9.63 Å². The maximum absolute atomic E-state index is 13.5. The average molecular weight is 431 g/mol. The summed E-state index contributed by atoms with van der Waals surface area (Å²) in [6, 6.07) is 16.2.